The van der Waals surface area contributed by atoms with Gasteiger partial charge in [0, 0.05) is 6.42 Å². The lowest BCUT2D eigenvalue weighted by atomic mass is 10.1. The van der Waals surface area contributed by atoms with E-state index in [2.05, 4.69) is 28.1 Å². The van der Waals surface area contributed by atoms with Crippen molar-refractivity contribution in [3.05, 3.63) is 33.8 Å². The van der Waals surface area contributed by atoms with E-state index < -0.39 is 11.6 Å². The molecule has 0 amide bonds. The highest BCUT2D eigenvalue weighted by Crippen LogP contribution is 2.22. The Kier molecular flexibility index (Phi) is 3.33. The molecule has 0 radical (unpaired) electrons. The first kappa shape index (κ1) is 10.5. The summed E-state index contributed by atoms with van der Waals surface area (Å²) < 4.78 is 25.8. The van der Waals surface area contributed by atoms with Crippen molar-refractivity contribution < 1.29 is 8.78 Å². The molecule has 0 aliphatic heterocycles. The molecule has 70 valence electrons. The molecule has 0 unspecified atom stereocenters. The summed E-state index contributed by atoms with van der Waals surface area (Å²) in [6.07, 6.45) is 0.139. The highest BCUT2D eigenvalue weighted by molar-refractivity contribution is 9.10. The largest absolute Gasteiger partial charge is 0.393 e. The molecule has 0 heterocycles. The predicted octanol–water partition coefficient (Wildman–Crippen LogP) is 2.56. The monoisotopic (exact) mass is 265 g/mol. The molecule has 0 aliphatic rings. The molecule has 0 fully saturated rings. The summed E-state index contributed by atoms with van der Waals surface area (Å²) in [7, 11) is 0. The van der Waals surface area contributed by atoms with Crippen LogP contribution in [0.15, 0.2) is 16.6 Å². The van der Waals surface area contributed by atoms with Gasteiger partial charge in [-0.1, -0.05) is 18.3 Å². The zero-order valence-electron chi connectivity index (χ0n) is 6.48. The zero-order chi connectivity index (χ0) is 10.0. The van der Waals surface area contributed by atoms with Crippen LogP contribution in [0.4, 0.5) is 8.78 Å². The highest BCUT2D eigenvalue weighted by Gasteiger charge is 2.11. The molecule has 0 saturated heterocycles. The SMILES string of the molecule is NC(=S)Cc1ccc(F)c(Br)c1F. The van der Waals surface area contributed by atoms with Crippen LogP contribution in [0.5, 0.6) is 0 Å². The van der Waals surface area contributed by atoms with Crippen molar-refractivity contribution in [1.29, 1.82) is 0 Å². The van der Waals surface area contributed by atoms with E-state index in [0.29, 0.717) is 5.56 Å². The lowest BCUT2D eigenvalue weighted by Crippen LogP contribution is -2.12. The van der Waals surface area contributed by atoms with Crippen molar-refractivity contribution in [1.82, 2.24) is 0 Å². The molecule has 0 aliphatic carbocycles. The lowest BCUT2D eigenvalue weighted by molar-refractivity contribution is 0.564. The second kappa shape index (κ2) is 4.11. The van der Waals surface area contributed by atoms with Crippen LogP contribution >= 0.6 is 28.1 Å². The topological polar surface area (TPSA) is 26.0 Å². The van der Waals surface area contributed by atoms with Gasteiger partial charge in [-0.15, -0.1) is 0 Å². The molecule has 0 saturated carbocycles. The third kappa shape index (κ3) is 2.45. The van der Waals surface area contributed by atoms with Crippen molar-refractivity contribution >= 4 is 33.1 Å². The van der Waals surface area contributed by atoms with Crippen molar-refractivity contribution in [3.63, 3.8) is 0 Å². The fraction of sp³-hybridized carbons (Fsp3) is 0.125. The van der Waals surface area contributed by atoms with Gasteiger partial charge in [-0.05, 0) is 27.6 Å². The maximum atomic E-state index is 13.2. The van der Waals surface area contributed by atoms with Gasteiger partial charge < -0.3 is 5.73 Å². The van der Waals surface area contributed by atoms with Gasteiger partial charge in [0.1, 0.15) is 11.6 Å². The summed E-state index contributed by atoms with van der Waals surface area (Å²) in [5, 5.41) is 0. The Bertz CT molecular complexity index is 354. The van der Waals surface area contributed by atoms with Crippen LogP contribution in [0, 0.1) is 11.6 Å². The molecular formula is C8H6BrF2NS. The Hall–Kier alpha value is -0.550. The van der Waals surface area contributed by atoms with Crippen LogP contribution in [0.2, 0.25) is 0 Å². The standard InChI is InChI=1S/C8H6BrF2NS/c9-7-5(10)2-1-4(8(7)11)3-6(12)13/h1-2H,3H2,(H2,12,13). The minimum Gasteiger partial charge on any atom is -0.393 e. The Morgan fingerprint density at radius 1 is 1.46 bits per heavy atom. The number of rotatable bonds is 2. The van der Waals surface area contributed by atoms with Gasteiger partial charge in [0.2, 0.25) is 0 Å². The summed E-state index contributed by atoms with van der Waals surface area (Å²) in [6, 6.07) is 2.50. The molecule has 0 spiro atoms. The fourth-order valence-electron chi connectivity index (χ4n) is 0.890. The van der Waals surface area contributed by atoms with Gasteiger partial charge in [-0.25, -0.2) is 8.78 Å². The number of hydrogen-bond donors (Lipinski definition) is 1. The second-order valence-electron chi connectivity index (χ2n) is 2.48. The van der Waals surface area contributed by atoms with Gasteiger partial charge in [-0.3, -0.25) is 0 Å². The molecular weight excluding hydrogens is 260 g/mol. The first-order chi connectivity index (χ1) is 6.02. The molecule has 5 heteroatoms. The smallest absolute Gasteiger partial charge is 0.143 e. The van der Waals surface area contributed by atoms with Crippen molar-refractivity contribution in [2.75, 3.05) is 0 Å². The van der Waals surface area contributed by atoms with Crippen molar-refractivity contribution in [2.24, 2.45) is 5.73 Å². The van der Waals surface area contributed by atoms with E-state index in [9.17, 15) is 8.78 Å². The van der Waals surface area contributed by atoms with Crippen molar-refractivity contribution in [3.8, 4) is 0 Å². The highest BCUT2D eigenvalue weighted by atomic mass is 79.9. The molecule has 1 nitrogen and oxygen atoms in total. The van der Waals surface area contributed by atoms with E-state index in [4.69, 9.17) is 5.73 Å². The molecule has 0 atom stereocenters. The van der Waals surface area contributed by atoms with Crippen LogP contribution in [0.3, 0.4) is 0 Å². The van der Waals surface area contributed by atoms with Gasteiger partial charge in [0.25, 0.3) is 0 Å². The maximum absolute atomic E-state index is 13.2. The van der Waals surface area contributed by atoms with Crippen LogP contribution in [0.1, 0.15) is 5.56 Å². The molecule has 1 rings (SSSR count). The average Bonchev–Trinajstić information content (AvgIpc) is 2.06. The van der Waals surface area contributed by atoms with E-state index in [1.807, 2.05) is 0 Å². The van der Waals surface area contributed by atoms with Crippen LogP contribution < -0.4 is 5.73 Å². The zero-order valence-corrected chi connectivity index (χ0v) is 8.88. The van der Waals surface area contributed by atoms with Gasteiger partial charge in [0.05, 0.1) is 9.46 Å². The van der Waals surface area contributed by atoms with Crippen LogP contribution in [0.25, 0.3) is 0 Å². The molecule has 0 bridgehead atoms. The Balaban J connectivity index is 3.10. The minimum atomic E-state index is -0.646. The molecule has 1 aromatic rings. The first-order valence-corrected chi connectivity index (χ1v) is 4.63. The predicted molar refractivity (Wildman–Crippen MR) is 54.5 cm³/mol. The number of nitrogens with two attached hydrogens (primary N) is 1. The van der Waals surface area contributed by atoms with Crippen LogP contribution in [-0.4, -0.2) is 4.99 Å². The summed E-state index contributed by atoms with van der Waals surface area (Å²) in [4.78, 5) is 0.178. The van der Waals surface area contributed by atoms with E-state index in [0.717, 1.165) is 0 Å². The minimum absolute atomic E-state index is 0.139. The summed E-state index contributed by atoms with van der Waals surface area (Å²) >= 11 is 7.40. The van der Waals surface area contributed by atoms with Crippen molar-refractivity contribution in [2.45, 2.75) is 6.42 Å². The van der Waals surface area contributed by atoms with E-state index >= 15 is 0 Å². The average molecular weight is 266 g/mol. The quantitative estimate of drug-likeness (QED) is 0.657. The number of thiocarbonyl (C=S) groups is 1. The molecule has 13 heavy (non-hydrogen) atoms. The molecule has 0 aromatic heterocycles. The van der Waals surface area contributed by atoms with E-state index in [-0.39, 0.29) is 15.9 Å². The Morgan fingerprint density at radius 2 is 2.08 bits per heavy atom. The second-order valence-corrected chi connectivity index (χ2v) is 3.79. The molecule has 1 aromatic carbocycles. The summed E-state index contributed by atoms with van der Waals surface area (Å²) in [5.74, 6) is -1.28. The summed E-state index contributed by atoms with van der Waals surface area (Å²) in [6.45, 7) is 0. The fourth-order valence-corrected chi connectivity index (χ4v) is 1.43. The normalized spacial score (nSPS) is 10.1. The Morgan fingerprint density at radius 3 is 2.62 bits per heavy atom. The lowest BCUT2D eigenvalue weighted by Gasteiger charge is -2.03. The number of benzene rings is 1. The summed E-state index contributed by atoms with van der Waals surface area (Å²) in [5.41, 5.74) is 5.53. The Labute approximate surface area is 88.1 Å². The number of hydrogen-bond acceptors (Lipinski definition) is 1. The third-order valence-corrected chi connectivity index (χ3v) is 2.35. The maximum Gasteiger partial charge on any atom is 0.143 e. The third-order valence-electron chi connectivity index (χ3n) is 1.48. The van der Waals surface area contributed by atoms with Gasteiger partial charge in [0.15, 0.2) is 0 Å². The first-order valence-electron chi connectivity index (χ1n) is 3.43. The van der Waals surface area contributed by atoms with Gasteiger partial charge in [-0.2, -0.15) is 0 Å². The molecule has 2 N–H and O–H groups in total. The van der Waals surface area contributed by atoms with Crippen LogP contribution in [-0.2, 0) is 6.42 Å². The van der Waals surface area contributed by atoms with Gasteiger partial charge >= 0.3 is 0 Å². The van der Waals surface area contributed by atoms with E-state index in [1.165, 1.54) is 12.1 Å². The van der Waals surface area contributed by atoms with E-state index in [1.54, 1.807) is 0 Å². The number of halogens is 3.